The lowest BCUT2D eigenvalue weighted by atomic mass is 13.6. The van der Waals surface area contributed by atoms with Crippen LogP contribution in [0, 0.1) is 0 Å². The van der Waals surface area contributed by atoms with Gasteiger partial charge in [0.25, 0.3) is 0 Å². The minimum absolute atomic E-state index is 3.24. The van der Waals surface area contributed by atoms with E-state index in [1.54, 1.807) is 0 Å². The second-order valence-electron chi connectivity index (χ2n) is 0.658. The van der Waals surface area contributed by atoms with Crippen LogP contribution in [0.15, 0.2) is 0 Å². The van der Waals surface area contributed by atoms with Crippen LogP contribution in [0.2, 0.25) is 0 Å². The summed E-state index contributed by atoms with van der Waals surface area (Å²) in [6, 6.07) is 0. The first-order valence-electron chi connectivity index (χ1n) is 1.20. The Morgan fingerprint density at radius 3 is 1.71 bits per heavy atom. The zero-order valence-electron chi connectivity index (χ0n) is 3.23. The molecule has 0 amide bonds. The molecule has 0 fully saturated rings. The first-order valence-corrected chi connectivity index (χ1v) is 2.66. The lowest BCUT2D eigenvalue weighted by Gasteiger charge is -2.13. The minimum Gasteiger partial charge on any atom is -0.754 e. The molecule has 0 atom stereocenters. The first-order chi connectivity index (χ1) is 3.12. The van der Waals surface area contributed by atoms with Crippen LogP contribution in [0.25, 0.3) is 0 Å². The molecule has 0 saturated heterocycles. The molecule has 0 heterocycles. The molecule has 0 aromatic rings. The van der Waals surface area contributed by atoms with Gasteiger partial charge in [-0.1, -0.05) is 0 Å². The summed E-state index contributed by atoms with van der Waals surface area (Å²) in [5.41, 5.74) is 0. The van der Waals surface area contributed by atoms with Crippen LogP contribution < -0.4 is 16.7 Å². The van der Waals surface area contributed by atoms with Crippen LogP contribution in [0.4, 0.5) is 0 Å². The Labute approximate surface area is 39.5 Å². The first kappa shape index (κ1) is 7.03. The predicted molar refractivity (Wildman–Crippen MR) is 18.2 cm³/mol. The second kappa shape index (κ2) is 2.37. The maximum atomic E-state index is 9.70. The zero-order chi connectivity index (χ0) is 5.91. The van der Waals surface area contributed by atoms with Gasteiger partial charge in [0.15, 0.2) is 0 Å². The van der Waals surface area contributed by atoms with Gasteiger partial charge in [-0.3, -0.25) is 4.57 Å². The highest BCUT2D eigenvalue weighted by molar-refractivity contribution is 7.45. The summed E-state index contributed by atoms with van der Waals surface area (Å²) in [6.07, 6.45) is 0. The molecule has 6 nitrogen and oxygen atoms in total. The summed E-state index contributed by atoms with van der Waals surface area (Å²) >= 11 is 0. The molecule has 0 saturated carbocycles. The Hall–Kier alpha value is 0.0300. The van der Waals surface area contributed by atoms with E-state index in [1.165, 1.54) is 0 Å². The third kappa shape index (κ3) is 2.69. The van der Waals surface area contributed by atoms with Gasteiger partial charge in [-0.25, -0.2) is 21.0 Å². The molecule has 0 spiro atoms. The number of phosphoric acid groups is 1. The van der Waals surface area contributed by atoms with Gasteiger partial charge in [-0.2, -0.15) is 0 Å². The lowest BCUT2D eigenvalue weighted by Crippen LogP contribution is -2.14. The van der Waals surface area contributed by atoms with E-state index >= 15 is 0 Å². The fraction of sp³-hybridized carbons (Fsp3) is 0. The number of rotatable bonds is 2. The number of nitrogens with two attached hydrogens (primary N) is 2. The molecule has 0 aliphatic rings. The molecule has 7 heteroatoms. The topological polar surface area (TPSA) is 111 Å². The highest BCUT2D eigenvalue weighted by Crippen LogP contribution is 2.31. The van der Waals surface area contributed by atoms with E-state index in [1.807, 2.05) is 0 Å². The Morgan fingerprint density at radius 1 is 1.43 bits per heavy atom. The molecule has 4 N–H and O–H groups in total. The zero-order valence-corrected chi connectivity index (χ0v) is 4.13. The van der Waals surface area contributed by atoms with E-state index in [0.29, 0.717) is 0 Å². The van der Waals surface area contributed by atoms with Crippen molar-refractivity contribution in [2.75, 3.05) is 0 Å². The van der Waals surface area contributed by atoms with Crippen molar-refractivity contribution in [2.24, 2.45) is 11.8 Å². The minimum atomic E-state index is -4.35. The van der Waals surface area contributed by atoms with E-state index in [0.717, 1.165) is 0 Å². The van der Waals surface area contributed by atoms with E-state index < -0.39 is 7.82 Å². The molecular weight excluding hydrogens is 123 g/mol. The van der Waals surface area contributed by atoms with Crippen LogP contribution in [0.3, 0.4) is 0 Å². The van der Waals surface area contributed by atoms with Crippen LogP contribution in [-0.4, -0.2) is 0 Å². The predicted octanol–water partition coefficient (Wildman–Crippen LogP) is -1.76. The molecule has 44 valence electrons. The largest absolute Gasteiger partial charge is 0.754 e. The molecule has 0 radical (unpaired) electrons. The van der Waals surface area contributed by atoms with Gasteiger partial charge < -0.3 is 4.89 Å². The van der Waals surface area contributed by atoms with E-state index in [2.05, 4.69) is 21.0 Å². The molecule has 0 bridgehead atoms. The van der Waals surface area contributed by atoms with Gasteiger partial charge >= 0.3 is 7.82 Å². The van der Waals surface area contributed by atoms with Gasteiger partial charge in [-0.15, -0.1) is 0 Å². The quantitative estimate of drug-likeness (QED) is 0.335. The summed E-state index contributed by atoms with van der Waals surface area (Å²) < 4.78 is 16.2. The van der Waals surface area contributed by atoms with Crippen molar-refractivity contribution in [3.8, 4) is 0 Å². The van der Waals surface area contributed by atoms with Gasteiger partial charge in [0.2, 0.25) is 0 Å². The Morgan fingerprint density at radius 2 is 1.71 bits per heavy atom. The summed E-state index contributed by atoms with van der Waals surface area (Å²) in [6.45, 7) is 0. The summed E-state index contributed by atoms with van der Waals surface area (Å²) in [4.78, 5) is 9.70. The van der Waals surface area contributed by atoms with E-state index in [9.17, 15) is 9.46 Å². The van der Waals surface area contributed by atoms with Crippen molar-refractivity contribution in [1.82, 2.24) is 0 Å². The molecule has 0 aromatic heterocycles. The molecule has 0 rings (SSSR count). The van der Waals surface area contributed by atoms with Crippen LogP contribution in [0.1, 0.15) is 0 Å². The molecule has 0 unspecified atom stereocenters. The van der Waals surface area contributed by atoms with Crippen molar-refractivity contribution in [3.63, 3.8) is 0 Å². The second-order valence-corrected chi connectivity index (χ2v) is 1.97. The van der Waals surface area contributed by atoms with Gasteiger partial charge in [0, 0.05) is 0 Å². The fourth-order valence-electron chi connectivity index (χ4n) is 0.0248. The standard InChI is InChI=1S/H5N2O4P/c1-5-7(3,4)6-2/h1-2H2,(H,3,4)/p-1. The Balaban J connectivity index is 3.61. The van der Waals surface area contributed by atoms with Crippen molar-refractivity contribution in [1.29, 1.82) is 0 Å². The smallest absolute Gasteiger partial charge is 0.300 e. The Kier molecular flexibility index (Phi) is 2.38. The maximum absolute atomic E-state index is 9.70. The Bertz CT molecular complexity index is 81.7. The average Bonchev–Trinajstić information content (AvgIpc) is 1.68. The monoisotopic (exact) mass is 127 g/mol. The van der Waals surface area contributed by atoms with Gasteiger partial charge in [0.05, 0.1) is 0 Å². The third-order valence-corrected chi connectivity index (χ3v) is 0.775. The maximum Gasteiger partial charge on any atom is 0.300 e. The van der Waals surface area contributed by atoms with Crippen molar-refractivity contribution in [2.45, 2.75) is 0 Å². The number of hydrogen-bond acceptors (Lipinski definition) is 6. The van der Waals surface area contributed by atoms with Crippen molar-refractivity contribution < 1.29 is 18.7 Å². The summed E-state index contributed by atoms with van der Waals surface area (Å²) in [7, 11) is -4.35. The highest BCUT2D eigenvalue weighted by Gasteiger charge is 2.01. The van der Waals surface area contributed by atoms with E-state index in [4.69, 9.17) is 0 Å². The normalized spacial score (nSPS) is 11.9. The molecule has 0 aliphatic carbocycles. The average molecular weight is 127 g/mol. The van der Waals surface area contributed by atoms with Gasteiger partial charge in [0.1, 0.15) is 0 Å². The van der Waals surface area contributed by atoms with Crippen molar-refractivity contribution >= 4 is 7.82 Å². The van der Waals surface area contributed by atoms with E-state index in [-0.39, 0.29) is 0 Å². The van der Waals surface area contributed by atoms with Crippen molar-refractivity contribution in [3.05, 3.63) is 0 Å². The molecule has 0 aromatic carbocycles. The van der Waals surface area contributed by atoms with Crippen LogP contribution in [-0.2, 0) is 13.8 Å². The lowest BCUT2D eigenvalue weighted by molar-refractivity contribution is -0.226. The fourth-order valence-corrected chi connectivity index (χ4v) is 0.0745. The SMILES string of the molecule is NOP(=O)([O-])ON. The molecular formula is H4N2O4P-. The van der Waals surface area contributed by atoms with Gasteiger partial charge in [-0.05, 0) is 0 Å². The summed E-state index contributed by atoms with van der Waals surface area (Å²) in [5, 5.41) is 0. The van der Waals surface area contributed by atoms with Crippen LogP contribution >= 0.6 is 7.82 Å². The highest BCUT2D eigenvalue weighted by atomic mass is 31.2. The van der Waals surface area contributed by atoms with Crippen LogP contribution in [0.5, 0.6) is 0 Å². The third-order valence-electron chi connectivity index (χ3n) is 0.258. The number of hydrogen-bond donors (Lipinski definition) is 2. The molecule has 7 heavy (non-hydrogen) atoms. The molecule has 0 aliphatic heterocycles. The summed E-state index contributed by atoms with van der Waals surface area (Å²) in [5.74, 6) is 8.27.